The molecule has 0 unspecified atom stereocenters. The normalized spacial score (nSPS) is 13.9. The number of nitrogens with zero attached hydrogens (tertiary/aromatic N) is 2. The molecule has 1 aliphatic rings. The molecule has 3 aromatic heterocycles. The Kier molecular flexibility index (Phi) is 5.31. The molecule has 3 heteroatoms. The molecule has 212 valence electrons. The fraction of sp³-hybridized carbons (Fsp3) is 0.0476. The summed E-state index contributed by atoms with van der Waals surface area (Å²) < 4.78 is 7.67. The number of hydrogen-bond donors (Lipinski definition) is 0. The maximum absolute atomic E-state index is 2.56. The van der Waals surface area contributed by atoms with Crippen molar-refractivity contribution in [3.05, 3.63) is 151 Å². The fourth-order valence-electron chi connectivity index (χ4n) is 7.64. The first-order valence-corrected chi connectivity index (χ1v) is 16.5. The van der Waals surface area contributed by atoms with Crippen molar-refractivity contribution < 1.29 is 0 Å². The zero-order valence-electron chi connectivity index (χ0n) is 24.6. The summed E-state index contributed by atoms with van der Waals surface area (Å²) in [5, 5.41) is 7.89. The SMILES string of the molecule is C1=CC(c2cccc(-n3c4ccccc4c4ccccc43)c2)=C(n2c3ccccc3c3cc4sc5ccccc5c4cc32)CC1. The van der Waals surface area contributed by atoms with Gasteiger partial charge in [0.15, 0.2) is 0 Å². The molecule has 45 heavy (non-hydrogen) atoms. The van der Waals surface area contributed by atoms with Gasteiger partial charge in [-0.1, -0.05) is 97.1 Å². The number of para-hydroxylation sites is 3. The molecule has 1 aliphatic carbocycles. The highest BCUT2D eigenvalue weighted by Crippen LogP contribution is 2.43. The van der Waals surface area contributed by atoms with Crippen molar-refractivity contribution in [3.63, 3.8) is 0 Å². The van der Waals surface area contributed by atoms with Crippen molar-refractivity contribution in [2.45, 2.75) is 12.8 Å². The lowest BCUT2D eigenvalue weighted by molar-refractivity contribution is 0.984. The van der Waals surface area contributed by atoms with E-state index in [1.807, 2.05) is 11.3 Å². The highest BCUT2D eigenvalue weighted by molar-refractivity contribution is 7.25. The second-order valence-corrected chi connectivity index (χ2v) is 13.1. The summed E-state index contributed by atoms with van der Waals surface area (Å²) in [4.78, 5) is 0. The van der Waals surface area contributed by atoms with Crippen LogP contribution in [0.1, 0.15) is 18.4 Å². The minimum Gasteiger partial charge on any atom is -0.312 e. The van der Waals surface area contributed by atoms with E-state index in [1.54, 1.807) is 0 Å². The summed E-state index contributed by atoms with van der Waals surface area (Å²) in [6.07, 6.45) is 6.71. The Morgan fingerprint density at radius 1 is 0.467 bits per heavy atom. The molecule has 0 saturated heterocycles. The molecule has 9 aromatic rings. The van der Waals surface area contributed by atoms with Gasteiger partial charge in [0, 0.05) is 58.7 Å². The molecule has 0 fully saturated rings. The Morgan fingerprint density at radius 2 is 1.11 bits per heavy atom. The number of aromatic nitrogens is 2. The first kappa shape index (κ1) is 25.0. The van der Waals surface area contributed by atoms with Crippen LogP contribution in [-0.4, -0.2) is 9.13 Å². The van der Waals surface area contributed by atoms with Crippen LogP contribution in [0.25, 0.3) is 80.7 Å². The summed E-state index contributed by atoms with van der Waals surface area (Å²) in [5.74, 6) is 0. The Balaban J connectivity index is 1.25. The average molecular weight is 593 g/mol. The van der Waals surface area contributed by atoms with Gasteiger partial charge in [-0.3, -0.25) is 0 Å². The van der Waals surface area contributed by atoms with Gasteiger partial charge in [-0.15, -0.1) is 11.3 Å². The standard InChI is InChI=1S/C42H28N2S/c1-6-19-36(44-39-22-9-4-17-32(39)34-26-42-35(25-40(34)44)33-18-5-10-23-41(33)45-42)29(14-1)27-12-11-13-28(24-27)43-37-20-7-2-15-30(37)31-16-3-8-21-38(31)43/h1-5,7-18,20-26H,6,19H2. The van der Waals surface area contributed by atoms with Crippen LogP contribution in [0.4, 0.5) is 0 Å². The molecule has 0 aliphatic heterocycles. The lowest BCUT2D eigenvalue weighted by Crippen LogP contribution is -2.04. The van der Waals surface area contributed by atoms with Crippen molar-refractivity contribution >= 4 is 86.4 Å². The second-order valence-electron chi connectivity index (χ2n) is 12.0. The molecule has 0 amide bonds. The van der Waals surface area contributed by atoms with Crippen LogP contribution < -0.4 is 0 Å². The van der Waals surface area contributed by atoms with E-state index in [0.29, 0.717) is 0 Å². The molecule has 0 bridgehead atoms. The number of hydrogen-bond acceptors (Lipinski definition) is 1. The van der Waals surface area contributed by atoms with Gasteiger partial charge in [0.2, 0.25) is 0 Å². The van der Waals surface area contributed by atoms with E-state index < -0.39 is 0 Å². The molecule has 2 nitrogen and oxygen atoms in total. The number of thiophene rings is 1. The van der Waals surface area contributed by atoms with Crippen molar-refractivity contribution in [2.24, 2.45) is 0 Å². The molecular formula is C42H28N2S. The van der Waals surface area contributed by atoms with Gasteiger partial charge in [-0.2, -0.15) is 0 Å². The van der Waals surface area contributed by atoms with Gasteiger partial charge in [0.25, 0.3) is 0 Å². The summed E-state index contributed by atoms with van der Waals surface area (Å²) in [5.41, 5.74) is 10.1. The molecule has 6 aromatic carbocycles. The topological polar surface area (TPSA) is 9.86 Å². The number of benzene rings is 6. The summed E-state index contributed by atoms with van der Waals surface area (Å²) in [7, 11) is 0. The van der Waals surface area contributed by atoms with E-state index in [9.17, 15) is 0 Å². The zero-order valence-corrected chi connectivity index (χ0v) is 25.4. The Labute approximate surface area is 264 Å². The second kappa shape index (κ2) is 9.56. The molecule has 0 radical (unpaired) electrons. The van der Waals surface area contributed by atoms with Crippen LogP contribution in [0, 0.1) is 0 Å². The monoisotopic (exact) mass is 592 g/mol. The Bertz CT molecular complexity index is 2660. The van der Waals surface area contributed by atoms with Gasteiger partial charge in [0.05, 0.1) is 22.1 Å². The molecule has 0 saturated carbocycles. The van der Waals surface area contributed by atoms with E-state index in [0.717, 1.165) is 12.8 Å². The van der Waals surface area contributed by atoms with Crippen LogP contribution in [-0.2, 0) is 0 Å². The molecule has 10 rings (SSSR count). The summed E-state index contributed by atoms with van der Waals surface area (Å²) in [6, 6.07) is 49.2. The summed E-state index contributed by atoms with van der Waals surface area (Å²) >= 11 is 1.89. The molecular weight excluding hydrogens is 565 g/mol. The lowest BCUT2D eigenvalue weighted by atomic mass is 9.95. The van der Waals surface area contributed by atoms with E-state index in [1.165, 1.54) is 86.3 Å². The quantitative estimate of drug-likeness (QED) is 0.193. The predicted molar refractivity (Wildman–Crippen MR) is 195 cm³/mol. The predicted octanol–water partition coefficient (Wildman–Crippen LogP) is 12.0. The third kappa shape index (κ3) is 3.62. The Morgan fingerprint density at radius 3 is 1.87 bits per heavy atom. The molecule has 0 spiro atoms. The minimum atomic E-state index is 0.988. The largest absolute Gasteiger partial charge is 0.312 e. The number of fused-ring (bicyclic) bond motifs is 9. The highest BCUT2D eigenvalue weighted by atomic mass is 32.1. The first-order valence-electron chi connectivity index (χ1n) is 15.7. The molecule has 0 N–H and O–H groups in total. The Hall–Kier alpha value is -5.38. The van der Waals surface area contributed by atoms with Crippen LogP contribution in [0.3, 0.4) is 0 Å². The third-order valence-electron chi connectivity index (χ3n) is 9.58. The van der Waals surface area contributed by atoms with Crippen LogP contribution in [0.15, 0.2) is 146 Å². The smallest absolute Gasteiger partial charge is 0.0545 e. The van der Waals surface area contributed by atoms with Gasteiger partial charge >= 0.3 is 0 Å². The van der Waals surface area contributed by atoms with Crippen molar-refractivity contribution in [1.82, 2.24) is 9.13 Å². The van der Waals surface area contributed by atoms with Gasteiger partial charge < -0.3 is 9.13 Å². The van der Waals surface area contributed by atoms with Gasteiger partial charge in [-0.05, 0) is 66.9 Å². The van der Waals surface area contributed by atoms with E-state index in [4.69, 9.17) is 0 Å². The van der Waals surface area contributed by atoms with Crippen LogP contribution in [0.5, 0.6) is 0 Å². The van der Waals surface area contributed by atoms with Crippen molar-refractivity contribution in [1.29, 1.82) is 0 Å². The van der Waals surface area contributed by atoms with E-state index >= 15 is 0 Å². The van der Waals surface area contributed by atoms with Crippen LogP contribution in [0.2, 0.25) is 0 Å². The first-order chi connectivity index (χ1) is 22.3. The number of rotatable bonds is 3. The van der Waals surface area contributed by atoms with Crippen molar-refractivity contribution in [3.8, 4) is 5.69 Å². The zero-order chi connectivity index (χ0) is 29.5. The summed E-state index contributed by atoms with van der Waals surface area (Å²) in [6.45, 7) is 0. The van der Waals surface area contributed by atoms with Gasteiger partial charge in [-0.25, -0.2) is 0 Å². The third-order valence-corrected chi connectivity index (χ3v) is 10.7. The average Bonchev–Trinajstić information content (AvgIpc) is 3.74. The maximum Gasteiger partial charge on any atom is 0.0545 e. The molecule has 0 atom stereocenters. The maximum atomic E-state index is 2.56. The fourth-order valence-corrected chi connectivity index (χ4v) is 8.77. The van der Waals surface area contributed by atoms with Crippen LogP contribution >= 0.6 is 11.3 Å². The van der Waals surface area contributed by atoms with E-state index in [2.05, 4.69) is 155 Å². The highest BCUT2D eigenvalue weighted by Gasteiger charge is 2.21. The van der Waals surface area contributed by atoms with Gasteiger partial charge in [0.1, 0.15) is 0 Å². The van der Waals surface area contributed by atoms with Crippen molar-refractivity contribution in [2.75, 3.05) is 0 Å². The van der Waals surface area contributed by atoms with E-state index in [-0.39, 0.29) is 0 Å². The lowest BCUT2D eigenvalue weighted by Gasteiger charge is -2.21. The number of allylic oxidation sites excluding steroid dienone is 4. The molecule has 3 heterocycles. The minimum absolute atomic E-state index is 0.988.